The molecular formula is C13H15NO2. The summed E-state index contributed by atoms with van der Waals surface area (Å²) < 4.78 is 0. The monoisotopic (exact) mass is 217 g/mol. The van der Waals surface area contributed by atoms with E-state index < -0.39 is 0 Å². The standard InChI is InChI=1S/C13H15NO2/c1-8-5-9(2)13-10(3-4-15)7-12(16)14-11(13)6-8/h5-7,15H,3-4H2,1-2H3,(H,14,16). The van der Waals surface area contributed by atoms with Crippen molar-refractivity contribution in [2.75, 3.05) is 6.61 Å². The van der Waals surface area contributed by atoms with E-state index in [1.54, 1.807) is 6.07 Å². The molecule has 3 nitrogen and oxygen atoms in total. The summed E-state index contributed by atoms with van der Waals surface area (Å²) in [6.45, 7) is 4.09. The largest absolute Gasteiger partial charge is 0.396 e. The van der Waals surface area contributed by atoms with Crippen molar-refractivity contribution in [1.29, 1.82) is 0 Å². The van der Waals surface area contributed by atoms with Gasteiger partial charge in [-0.05, 0) is 43.0 Å². The summed E-state index contributed by atoms with van der Waals surface area (Å²) >= 11 is 0. The van der Waals surface area contributed by atoms with Gasteiger partial charge in [-0.3, -0.25) is 4.79 Å². The molecule has 0 atom stereocenters. The number of H-pyrrole nitrogens is 1. The molecule has 0 fully saturated rings. The zero-order chi connectivity index (χ0) is 11.7. The van der Waals surface area contributed by atoms with Crippen LogP contribution in [0.1, 0.15) is 16.7 Å². The number of aliphatic hydroxyl groups excluding tert-OH is 1. The van der Waals surface area contributed by atoms with Crippen molar-refractivity contribution < 1.29 is 5.11 Å². The second kappa shape index (κ2) is 4.10. The van der Waals surface area contributed by atoms with E-state index >= 15 is 0 Å². The predicted octanol–water partition coefficient (Wildman–Crippen LogP) is 1.68. The highest BCUT2D eigenvalue weighted by Crippen LogP contribution is 2.21. The quantitative estimate of drug-likeness (QED) is 0.804. The molecule has 2 aromatic rings. The van der Waals surface area contributed by atoms with Gasteiger partial charge in [-0.25, -0.2) is 0 Å². The Kier molecular flexibility index (Phi) is 2.79. The molecule has 1 aromatic carbocycles. The molecule has 2 N–H and O–H groups in total. The molecule has 0 saturated heterocycles. The number of aromatic nitrogens is 1. The summed E-state index contributed by atoms with van der Waals surface area (Å²) in [5.41, 5.74) is 3.92. The maximum Gasteiger partial charge on any atom is 0.248 e. The van der Waals surface area contributed by atoms with Crippen molar-refractivity contribution in [3.8, 4) is 0 Å². The van der Waals surface area contributed by atoms with Gasteiger partial charge in [0.1, 0.15) is 0 Å². The summed E-state index contributed by atoms with van der Waals surface area (Å²) in [5.74, 6) is 0. The lowest BCUT2D eigenvalue weighted by Gasteiger charge is -2.09. The molecule has 0 unspecified atom stereocenters. The van der Waals surface area contributed by atoms with Crippen LogP contribution in [0.3, 0.4) is 0 Å². The highest BCUT2D eigenvalue weighted by Gasteiger charge is 2.06. The van der Waals surface area contributed by atoms with Crippen molar-refractivity contribution in [1.82, 2.24) is 4.98 Å². The van der Waals surface area contributed by atoms with Gasteiger partial charge in [-0.15, -0.1) is 0 Å². The van der Waals surface area contributed by atoms with Crippen LogP contribution in [0.25, 0.3) is 10.9 Å². The van der Waals surface area contributed by atoms with Crippen LogP contribution in [0.2, 0.25) is 0 Å². The minimum Gasteiger partial charge on any atom is -0.396 e. The first-order chi connectivity index (χ1) is 7.61. The van der Waals surface area contributed by atoms with E-state index in [0.717, 1.165) is 27.6 Å². The number of rotatable bonds is 2. The third-order valence-electron chi connectivity index (χ3n) is 2.75. The summed E-state index contributed by atoms with van der Waals surface area (Å²) in [4.78, 5) is 14.3. The van der Waals surface area contributed by atoms with Crippen LogP contribution < -0.4 is 5.56 Å². The van der Waals surface area contributed by atoms with Gasteiger partial charge < -0.3 is 10.1 Å². The molecule has 0 amide bonds. The Hall–Kier alpha value is -1.61. The molecule has 0 aliphatic heterocycles. The van der Waals surface area contributed by atoms with E-state index in [0.29, 0.717) is 6.42 Å². The first kappa shape index (κ1) is 10.9. The molecule has 0 bridgehead atoms. The van der Waals surface area contributed by atoms with Crippen molar-refractivity contribution in [3.05, 3.63) is 45.2 Å². The van der Waals surface area contributed by atoms with Gasteiger partial charge in [-0.1, -0.05) is 6.07 Å². The smallest absolute Gasteiger partial charge is 0.248 e. The van der Waals surface area contributed by atoms with E-state index in [-0.39, 0.29) is 12.2 Å². The van der Waals surface area contributed by atoms with E-state index in [2.05, 4.69) is 11.1 Å². The lowest BCUT2D eigenvalue weighted by molar-refractivity contribution is 0.300. The average Bonchev–Trinajstić information content (AvgIpc) is 2.15. The summed E-state index contributed by atoms with van der Waals surface area (Å²) in [5, 5.41) is 10.1. The highest BCUT2D eigenvalue weighted by molar-refractivity contribution is 5.86. The third-order valence-corrected chi connectivity index (χ3v) is 2.75. The molecule has 3 heteroatoms. The number of fused-ring (bicyclic) bond motifs is 1. The average molecular weight is 217 g/mol. The number of aryl methyl sites for hydroxylation is 2. The van der Waals surface area contributed by atoms with Crippen molar-refractivity contribution >= 4 is 10.9 Å². The molecule has 0 spiro atoms. The van der Waals surface area contributed by atoms with Gasteiger partial charge in [0.2, 0.25) is 5.56 Å². The van der Waals surface area contributed by atoms with E-state index in [1.807, 2.05) is 19.9 Å². The molecular weight excluding hydrogens is 202 g/mol. The van der Waals surface area contributed by atoms with Crippen LogP contribution >= 0.6 is 0 Å². The number of pyridine rings is 1. The molecule has 0 aliphatic rings. The minimum atomic E-state index is -0.110. The third kappa shape index (κ3) is 1.86. The fourth-order valence-corrected chi connectivity index (χ4v) is 2.21. The Balaban J connectivity index is 2.84. The van der Waals surface area contributed by atoms with Crippen LogP contribution in [-0.4, -0.2) is 16.7 Å². The maximum absolute atomic E-state index is 11.5. The molecule has 1 aromatic heterocycles. The second-order valence-electron chi connectivity index (χ2n) is 4.14. The van der Waals surface area contributed by atoms with Crippen molar-refractivity contribution in [3.63, 3.8) is 0 Å². The van der Waals surface area contributed by atoms with Gasteiger partial charge in [0, 0.05) is 23.6 Å². The molecule has 2 rings (SSSR count). The Bertz CT molecular complexity index is 584. The number of hydrogen-bond acceptors (Lipinski definition) is 2. The fraction of sp³-hybridized carbons (Fsp3) is 0.308. The van der Waals surface area contributed by atoms with Gasteiger partial charge >= 0.3 is 0 Å². The number of aromatic amines is 1. The Labute approximate surface area is 93.7 Å². The van der Waals surface area contributed by atoms with Gasteiger partial charge in [0.05, 0.1) is 0 Å². The number of hydrogen-bond donors (Lipinski definition) is 2. The zero-order valence-electron chi connectivity index (χ0n) is 9.50. The van der Waals surface area contributed by atoms with Crippen LogP contribution in [0.15, 0.2) is 23.0 Å². The Morgan fingerprint density at radius 1 is 1.25 bits per heavy atom. The first-order valence-corrected chi connectivity index (χ1v) is 5.36. The van der Waals surface area contributed by atoms with Crippen LogP contribution in [0, 0.1) is 13.8 Å². The van der Waals surface area contributed by atoms with Gasteiger partial charge in [0.15, 0.2) is 0 Å². The van der Waals surface area contributed by atoms with Crippen LogP contribution in [0.4, 0.5) is 0 Å². The highest BCUT2D eigenvalue weighted by atomic mass is 16.3. The fourth-order valence-electron chi connectivity index (χ4n) is 2.21. The summed E-state index contributed by atoms with van der Waals surface area (Å²) in [6, 6.07) is 5.62. The van der Waals surface area contributed by atoms with E-state index in [9.17, 15) is 4.79 Å². The van der Waals surface area contributed by atoms with Gasteiger partial charge in [-0.2, -0.15) is 0 Å². The Morgan fingerprint density at radius 2 is 2.00 bits per heavy atom. The number of benzene rings is 1. The zero-order valence-corrected chi connectivity index (χ0v) is 9.50. The van der Waals surface area contributed by atoms with Crippen LogP contribution in [-0.2, 0) is 6.42 Å². The lowest BCUT2D eigenvalue weighted by Crippen LogP contribution is -2.08. The van der Waals surface area contributed by atoms with E-state index in [4.69, 9.17) is 5.11 Å². The SMILES string of the molecule is Cc1cc(C)c2c(CCO)cc(=O)[nH]c2c1. The molecule has 84 valence electrons. The topological polar surface area (TPSA) is 53.1 Å². The van der Waals surface area contributed by atoms with Crippen molar-refractivity contribution in [2.45, 2.75) is 20.3 Å². The first-order valence-electron chi connectivity index (χ1n) is 5.36. The molecule has 0 aliphatic carbocycles. The second-order valence-corrected chi connectivity index (χ2v) is 4.14. The van der Waals surface area contributed by atoms with Crippen LogP contribution in [0.5, 0.6) is 0 Å². The minimum absolute atomic E-state index is 0.0614. The van der Waals surface area contributed by atoms with Crippen molar-refractivity contribution in [2.24, 2.45) is 0 Å². The van der Waals surface area contributed by atoms with E-state index in [1.165, 1.54) is 0 Å². The number of aliphatic hydroxyl groups is 1. The molecule has 1 heterocycles. The molecule has 0 radical (unpaired) electrons. The summed E-state index contributed by atoms with van der Waals surface area (Å²) in [6.07, 6.45) is 0.518. The predicted molar refractivity (Wildman–Crippen MR) is 64.8 cm³/mol. The summed E-state index contributed by atoms with van der Waals surface area (Å²) in [7, 11) is 0. The molecule has 0 saturated carbocycles. The van der Waals surface area contributed by atoms with Gasteiger partial charge in [0.25, 0.3) is 0 Å². The molecule has 16 heavy (non-hydrogen) atoms. The number of nitrogens with one attached hydrogen (secondary N) is 1. The normalized spacial score (nSPS) is 10.9. The Morgan fingerprint density at radius 3 is 2.69 bits per heavy atom. The lowest BCUT2D eigenvalue weighted by atomic mass is 10.00. The maximum atomic E-state index is 11.5.